The summed E-state index contributed by atoms with van der Waals surface area (Å²) in [5.41, 5.74) is 2.83. The molecular weight excluding hydrogens is 292 g/mol. The lowest BCUT2D eigenvalue weighted by molar-refractivity contribution is 0.171. The zero-order chi connectivity index (χ0) is 14.8. The van der Waals surface area contributed by atoms with E-state index < -0.39 is 0 Å². The second-order valence-electron chi connectivity index (χ2n) is 4.65. The third kappa shape index (κ3) is 2.83. The Bertz CT molecular complexity index is 676. The largest absolute Gasteiger partial charge is 0.493 e. The van der Waals surface area contributed by atoms with Crippen LogP contribution in [0.4, 0.5) is 5.69 Å². The van der Waals surface area contributed by atoms with Crippen molar-refractivity contribution in [2.24, 2.45) is 0 Å². The summed E-state index contributed by atoms with van der Waals surface area (Å²) in [6.07, 6.45) is 0. The first-order valence-electron chi connectivity index (χ1n) is 6.51. The number of fused-ring (bicyclic) bond motifs is 1. The van der Waals surface area contributed by atoms with E-state index in [0.29, 0.717) is 28.9 Å². The van der Waals surface area contributed by atoms with Crippen molar-refractivity contribution in [1.29, 1.82) is 0 Å². The van der Waals surface area contributed by atoms with E-state index in [4.69, 9.17) is 25.8 Å². The molecular formula is C15H15ClN2O3. The maximum atomic E-state index is 5.85. The molecule has 0 aliphatic carbocycles. The molecule has 1 aliphatic heterocycles. The lowest BCUT2D eigenvalue weighted by Gasteiger charge is -2.11. The Balaban J connectivity index is 1.79. The molecule has 0 radical (unpaired) electrons. The molecule has 2 heterocycles. The minimum atomic E-state index is 0.225. The second-order valence-corrected chi connectivity index (χ2v) is 5.04. The molecule has 2 aromatic rings. The van der Waals surface area contributed by atoms with Crippen molar-refractivity contribution in [2.75, 3.05) is 19.2 Å². The van der Waals surface area contributed by atoms with Crippen molar-refractivity contribution >= 4 is 17.3 Å². The standard InChI is InChI=1S/C15H15ClN2O3/c1-9-11(3-4-14(16)18-9)17-7-10-5-12(19-2)15-13(6-10)20-8-21-15/h3-6,17H,7-8H2,1-2H3. The zero-order valence-electron chi connectivity index (χ0n) is 11.8. The van der Waals surface area contributed by atoms with Crippen molar-refractivity contribution in [3.8, 4) is 17.2 Å². The summed E-state index contributed by atoms with van der Waals surface area (Å²) in [6, 6.07) is 7.54. The molecule has 6 heteroatoms. The van der Waals surface area contributed by atoms with Gasteiger partial charge in [-0.15, -0.1) is 0 Å². The van der Waals surface area contributed by atoms with Crippen LogP contribution in [0.25, 0.3) is 0 Å². The number of hydrogen-bond donors (Lipinski definition) is 1. The van der Waals surface area contributed by atoms with Crippen LogP contribution >= 0.6 is 11.6 Å². The predicted molar refractivity (Wildman–Crippen MR) is 80.4 cm³/mol. The van der Waals surface area contributed by atoms with Crippen molar-refractivity contribution in [2.45, 2.75) is 13.5 Å². The number of aryl methyl sites for hydroxylation is 1. The Morgan fingerprint density at radius 2 is 2.19 bits per heavy atom. The molecule has 1 aliphatic rings. The van der Waals surface area contributed by atoms with Gasteiger partial charge in [-0.1, -0.05) is 11.6 Å². The van der Waals surface area contributed by atoms with E-state index >= 15 is 0 Å². The first-order chi connectivity index (χ1) is 10.2. The van der Waals surface area contributed by atoms with Gasteiger partial charge in [0.25, 0.3) is 0 Å². The molecule has 0 spiro atoms. The van der Waals surface area contributed by atoms with E-state index in [1.807, 2.05) is 25.1 Å². The lowest BCUT2D eigenvalue weighted by Crippen LogP contribution is -2.02. The third-order valence-corrected chi connectivity index (χ3v) is 3.46. The summed E-state index contributed by atoms with van der Waals surface area (Å²) in [6.45, 7) is 2.76. The molecule has 110 valence electrons. The predicted octanol–water partition coefficient (Wildman–Crippen LogP) is 3.39. The molecule has 1 N–H and O–H groups in total. The highest BCUT2D eigenvalue weighted by atomic mass is 35.5. The van der Waals surface area contributed by atoms with Crippen LogP contribution in [-0.4, -0.2) is 18.9 Å². The number of hydrogen-bond acceptors (Lipinski definition) is 5. The number of benzene rings is 1. The Morgan fingerprint density at radius 1 is 1.33 bits per heavy atom. The highest BCUT2D eigenvalue weighted by Gasteiger charge is 2.19. The minimum Gasteiger partial charge on any atom is -0.493 e. The Hall–Kier alpha value is -2.14. The smallest absolute Gasteiger partial charge is 0.231 e. The van der Waals surface area contributed by atoms with Gasteiger partial charge < -0.3 is 19.5 Å². The number of pyridine rings is 1. The van der Waals surface area contributed by atoms with E-state index in [1.54, 1.807) is 13.2 Å². The van der Waals surface area contributed by atoms with Gasteiger partial charge in [-0.3, -0.25) is 0 Å². The fourth-order valence-electron chi connectivity index (χ4n) is 2.20. The van der Waals surface area contributed by atoms with Gasteiger partial charge in [0, 0.05) is 6.54 Å². The first kappa shape index (κ1) is 13.8. The number of ether oxygens (including phenoxy) is 3. The fourth-order valence-corrected chi connectivity index (χ4v) is 2.39. The van der Waals surface area contributed by atoms with Gasteiger partial charge in [0.15, 0.2) is 11.5 Å². The molecule has 1 aromatic carbocycles. The summed E-state index contributed by atoms with van der Waals surface area (Å²) in [5.74, 6) is 2.04. The summed E-state index contributed by atoms with van der Waals surface area (Å²) >= 11 is 5.85. The fraction of sp³-hybridized carbons (Fsp3) is 0.267. The average molecular weight is 307 g/mol. The average Bonchev–Trinajstić information content (AvgIpc) is 2.93. The van der Waals surface area contributed by atoms with Gasteiger partial charge in [0.1, 0.15) is 5.15 Å². The van der Waals surface area contributed by atoms with Gasteiger partial charge in [-0.2, -0.15) is 0 Å². The summed E-state index contributed by atoms with van der Waals surface area (Å²) in [7, 11) is 1.61. The highest BCUT2D eigenvalue weighted by Crippen LogP contribution is 2.41. The number of nitrogens with zero attached hydrogens (tertiary/aromatic N) is 1. The molecule has 1 aromatic heterocycles. The number of anilines is 1. The molecule has 21 heavy (non-hydrogen) atoms. The third-order valence-electron chi connectivity index (χ3n) is 3.25. The number of aromatic nitrogens is 1. The van der Waals surface area contributed by atoms with Crippen molar-refractivity contribution in [3.05, 3.63) is 40.7 Å². The number of rotatable bonds is 4. The van der Waals surface area contributed by atoms with E-state index in [2.05, 4.69) is 10.3 Å². The van der Waals surface area contributed by atoms with Crippen molar-refractivity contribution in [1.82, 2.24) is 4.98 Å². The number of nitrogens with one attached hydrogen (secondary N) is 1. The Morgan fingerprint density at radius 3 is 2.95 bits per heavy atom. The lowest BCUT2D eigenvalue weighted by atomic mass is 10.1. The molecule has 0 unspecified atom stereocenters. The van der Waals surface area contributed by atoms with Crippen LogP contribution in [-0.2, 0) is 6.54 Å². The quantitative estimate of drug-likeness (QED) is 0.878. The molecule has 5 nitrogen and oxygen atoms in total. The normalized spacial score (nSPS) is 12.3. The molecule has 0 atom stereocenters. The number of halogens is 1. The zero-order valence-corrected chi connectivity index (χ0v) is 12.5. The van der Waals surface area contributed by atoms with Gasteiger partial charge in [-0.05, 0) is 36.8 Å². The topological polar surface area (TPSA) is 52.6 Å². The van der Waals surface area contributed by atoms with E-state index in [1.165, 1.54) is 0 Å². The van der Waals surface area contributed by atoms with Gasteiger partial charge >= 0.3 is 0 Å². The molecule has 3 rings (SSSR count). The first-order valence-corrected chi connectivity index (χ1v) is 6.88. The van der Waals surface area contributed by atoms with Gasteiger partial charge in [0.2, 0.25) is 12.5 Å². The maximum absolute atomic E-state index is 5.85. The SMILES string of the molecule is COc1cc(CNc2ccc(Cl)nc2C)cc2c1OCO2. The maximum Gasteiger partial charge on any atom is 0.231 e. The molecule has 0 saturated carbocycles. The van der Waals surface area contributed by atoms with Gasteiger partial charge in [-0.25, -0.2) is 4.98 Å². The number of methoxy groups -OCH3 is 1. The Labute approximate surface area is 127 Å². The van der Waals surface area contributed by atoms with E-state index in [-0.39, 0.29) is 6.79 Å². The van der Waals surface area contributed by atoms with Crippen molar-refractivity contribution in [3.63, 3.8) is 0 Å². The van der Waals surface area contributed by atoms with Crippen LogP contribution in [0.1, 0.15) is 11.3 Å². The van der Waals surface area contributed by atoms with Crippen LogP contribution in [0.5, 0.6) is 17.2 Å². The van der Waals surface area contributed by atoms with Crippen LogP contribution in [0.3, 0.4) is 0 Å². The molecule has 0 saturated heterocycles. The highest BCUT2D eigenvalue weighted by molar-refractivity contribution is 6.29. The summed E-state index contributed by atoms with van der Waals surface area (Å²) in [5, 5.41) is 3.81. The molecule has 0 bridgehead atoms. The Kier molecular flexibility index (Phi) is 3.75. The summed E-state index contributed by atoms with van der Waals surface area (Å²) in [4.78, 5) is 4.21. The summed E-state index contributed by atoms with van der Waals surface area (Å²) < 4.78 is 16.1. The molecule has 0 amide bonds. The van der Waals surface area contributed by atoms with Crippen LogP contribution in [0.15, 0.2) is 24.3 Å². The minimum absolute atomic E-state index is 0.225. The van der Waals surface area contributed by atoms with E-state index in [0.717, 1.165) is 16.9 Å². The van der Waals surface area contributed by atoms with E-state index in [9.17, 15) is 0 Å². The van der Waals surface area contributed by atoms with Crippen LogP contribution in [0.2, 0.25) is 5.15 Å². The van der Waals surface area contributed by atoms with Crippen LogP contribution < -0.4 is 19.5 Å². The molecule has 0 fully saturated rings. The van der Waals surface area contributed by atoms with Crippen LogP contribution in [0, 0.1) is 6.92 Å². The van der Waals surface area contributed by atoms with Crippen molar-refractivity contribution < 1.29 is 14.2 Å². The van der Waals surface area contributed by atoms with Gasteiger partial charge in [0.05, 0.1) is 18.5 Å². The second kappa shape index (κ2) is 5.69. The monoisotopic (exact) mass is 306 g/mol.